The summed E-state index contributed by atoms with van der Waals surface area (Å²) in [6.07, 6.45) is 1.77. The Morgan fingerprint density at radius 2 is 1.86 bits per heavy atom. The molecule has 1 atom stereocenters. The molecule has 0 aliphatic carbocycles. The van der Waals surface area contributed by atoms with E-state index in [4.69, 9.17) is 10.5 Å². The van der Waals surface area contributed by atoms with Crippen LogP contribution in [0.15, 0.2) is 30.3 Å². The van der Waals surface area contributed by atoms with Gasteiger partial charge in [-0.3, -0.25) is 0 Å². The number of nitrogens with two attached hydrogens (primary N) is 1. The maximum Gasteiger partial charge on any atom is 0.410 e. The van der Waals surface area contributed by atoms with Gasteiger partial charge in [0.05, 0.1) is 0 Å². The first-order valence-electron chi connectivity index (χ1n) is 8.13. The number of benzene rings is 1. The highest BCUT2D eigenvalue weighted by molar-refractivity contribution is 5.68. The Labute approximate surface area is 133 Å². The molecule has 4 nitrogen and oxygen atoms in total. The third-order valence-electron chi connectivity index (χ3n) is 4.24. The molecule has 1 unspecified atom stereocenters. The van der Waals surface area contributed by atoms with Crippen molar-refractivity contribution < 1.29 is 9.53 Å². The van der Waals surface area contributed by atoms with E-state index in [0.717, 1.165) is 25.9 Å². The summed E-state index contributed by atoms with van der Waals surface area (Å²) in [6, 6.07) is 10.5. The number of rotatable bonds is 3. The zero-order valence-electron chi connectivity index (χ0n) is 13.9. The van der Waals surface area contributed by atoms with Crippen molar-refractivity contribution in [2.45, 2.75) is 45.1 Å². The van der Waals surface area contributed by atoms with Gasteiger partial charge in [-0.05, 0) is 57.6 Å². The van der Waals surface area contributed by atoms with Crippen LogP contribution in [0.3, 0.4) is 0 Å². The SMILES string of the molecule is CC(C)(C)OC(=O)N1CCC(C(CN)c2ccccc2)CC1. The van der Waals surface area contributed by atoms with E-state index in [-0.39, 0.29) is 6.09 Å². The van der Waals surface area contributed by atoms with E-state index in [1.165, 1.54) is 5.56 Å². The van der Waals surface area contributed by atoms with Crippen molar-refractivity contribution in [3.8, 4) is 0 Å². The number of hydrogen-bond donors (Lipinski definition) is 1. The molecule has 1 amide bonds. The Hall–Kier alpha value is -1.55. The van der Waals surface area contributed by atoms with E-state index in [0.29, 0.717) is 18.4 Å². The molecule has 1 heterocycles. The van der Waals surface area contributed by atoms with Crippen LogP contribution in [0.25, 0.3) is 0 Å². The fourth-order valence-corrected chi connectivity index (χ4v) is 3.11. The standard InChI is InChI=1S/C18H28N2O2/c1-18(2,3)22-17(21)20-11-9-15(10-12-20)16(13-19)14-7-5-4-6-8-14/h4-8,15-16H,9-13,19H2,1-3H3. The number of carbonyl (C=O) groups is 1. The van der Waals surface area contributed by atoms with Crippen LogP contribution < -0.4 is 5.73 Å². The van der Waals surface area contributed by atoms with Crippen LogP contribution in [0.2, 0.25) is 0 Å². The van der Waals surface area contributed by atoms with E-state index in [9.17, 15) is 4.79 Å². The highest BCUT2D eigenvalue weighted by atomic mass is 16.6. The Balaban J connectivity index is 1.92. The highest BCUT2D eigenvalue weighted by Crippen LogP contribution is 2.32. The molecule has 0 spiro atoms. The molecule has 1 aromatic carbocycles. The minimum atomic E-state index is -0.433. The van der Waals surface area contributed by atoms with Crippen LogP contribution in [-0.4, -0.2) is 36.2 Å². The summed E-state index contributed by atoms with van der Waals surface area (Å²) in [7, 11) is 0. The van der Waals surface area contributed by atoms with Crippen LogP contribution in [0, 0.1) is 5.92 Å². The van der Waals surface area contributed by atoms with Gasteiger partial charge in [-0.2, -0.15) is 0 Å². The van der Waals surface area contributed by atoms with Crippen molar-refractivity contribution in [3.63, 3.8) is 0 Å². The van der Waals surface area contributed by atoms with Crippen molar-refractivity contribution in [3.05, 3.63) is 35.9 Å². The molecule has 1 saturated heterocycles. The van der Waals surface area contributed by atoms with Gasteiger partial charge in [-0.25, -0.2) is 4.79 Å². The largest absolute Gasteiger partial charge is 0.444 e. The number of ether oxygens (including phenoxy) is 1. The first-order valence-corrected chi connectivity index (χ1v) is 8.13. The fraction of sp³-hybridized carbons (Fsp3) is 0.611. The van der Waals surface area contributed by atoms with Gasteiger partial charge >= 0.3 is 6.09 Å². The van der Waals surface area contributed by atoms with Crippen LogP contribution >= 0.6 is 0 Å². The molecular weight excluding hydrogens is 276 g/mol. The molecule has 122 valence electrons. The topological polar surface area (TPSA) is 55.6 Å². The lowest BCUT2D eigenvalue weighted by Gasteiger charge is -2.36. The Morgan fingerprint density at radius 3 is 2.36 bits per heavy atom. The van der Waals surface area contributed by atoms with E-state index >= 15 is 0 Å². The fourth-order valence-electron chi connectivity index (χ4n) is 3.11. The summed E-state index contributed by atoms with van der Waals surface area (Å²) < 4.78 is 5.45. The molecule has 4 heteroatoms. The lowest BCUT2D eigenvalue weighted by molar-refractivity contribution is 0.0175. The van der Waals surface area contributed by atoms with Crippen molar-refractivity contribution >= 4 is 6.09 Å². The first kappa shape index (κ1) is 16.8. The van der Waals surface area contributed by atoms with Crippen molar-refractivity contribution in [1.29, 1.82) is 0 Å². The Kier molecular flexibility index (Phi) is 5.46. The summed E-state index contributed by atoms with van der Waals surface area (Å²) in [5.74, 6) is 0.910. The summed E-state index contributed by atoms with van der Waals surface area (Å²) >= 11 is 0. The monoisotopic (exact) mass is 304 g/mol. The predicted octanol–water partition coefficient (Wildman–Crippen LogP) is 3.38. The number of hydrogen-bond acceptors (Lipinski definition) is 3. The van der Waals surface area contributed by atoms with E-state index in [1.807, 2.05) is 31.7 Å². The Morgan fingerprint density at radius 1 is 1.27 bits per heavy atom. The number of carbonyl (C=O) groups excluding carboxylic acids is 1. The molecule has 1 aliphatic rings. The summed E-state index contributed by atoms with van der Waals surface area (Å²) in [5.41, 5.74) is 6.88. The molecule has 22 heavy (non-hydrogen) atoms. The predicted molar refractivity (Wildman–Crippen MR) is 88.8 cm³/mol. The molecule has 2 rings (SSSR count). The molecule has 1 fully saturated rings. The second kappa shape index (κ2) is 7.14. The molecule has 0 saturated carbocycles. The molecule has 2 N–H and O–H groups in total. The van der Waals surface area contributed by atoms with Crippen LogP contribution in [0.5, 0.6) is 0 Å². The van der Waals surface area contributed by atoms with Gasteiger partial charge in [-0.1, -0.05) is 30.3 Å². The second-order valence-electron chi connectivity index (χ2n) is 7.06. The summed E-state index contributed by atoms with van der Waals surface area (Å²) in [5, 5.41) is 0. The van der Waals surface area contributed by atoms with E-state index in [1.54, 1.807) is 0 Å². The van der Waals surface area contributed by atoms with Crippen LogP contribution in [0.4, 0.5) is 4.79 Å². The molecule has 0 bridgehead atoms. The van der Waals surface area contributed by atoms with Gasteiger partial charge in [0.25, 0.3) is 0 Å². The number of amides is 1. The molecule has 1 aliphatic heterocycles. The van der Waals surface area contributed by atoms with Crippen LogP contribution in [0.1, 0.15) is 45.1 Å². The lowest BCUT2D eigenvalue weighted by atomic mass is 9.80. The maximum atomic E-state index is 12.1. The van der Waals surface area contributed by atoms with Crippen molar-refractivity contribution in [1.82, 2.24) is 4.90 Å². The number of piperidine rings is 1. The minimum Gasteiger partial charge on any atom is -0.444 e. The molecule has 1 aromatic rings. The van der Waals surface area contributed by atoms with Gasteiger partial charge in [0.1, 0.15) is 5.60 Å². The van der Waals surface area contributed by atoms with Crippen molar-refractivity contribution in [2.75, 3.05) is 19.6 Å². The zero-order valence-corrected chi connectivity index (χ0v) is 13.9. The van der Waals surface area contributed by atoms with Gasteiger partial charge in [-0.15, -0.1) is 0 Å². The van der Waals surface area contributed by atoms with Gasteiger partial charge in [0.2, 0.25) is 0 Å². The first-order chi connectivity index (χ1) is 10.4. The minimum absolute atomic E-state index is 0.199. The average Bonchev–Trinajstić information content (AvgIpc) is 2.48. The number of nitrogens with zero attached hydrogens (tertiary/aromatic N) is 1. The normalized spacial score (nSPS) is 18.1. The average molecular weight is 304 g/mol. The van der Waals surface area contributed by atoms with E-state index < -0.39 is 5.60 Å². The number of likely N-dealkylation sites (tertiary alicyclic amines) is 1. The quantitative estimate of drug-likeness (QED) is 0.931. The van der Waals surface area contributed by atoms with Crippen molar-refractivity contribution in [2.24, 2.45) is 11.7 Å². The van der Waals surface area contributed by atoms with Crippen LogP contribution in [-0.2, 0) is 4.74 Å². The second-order valence-corrected chi connectivity index (χ2v) is 7.06. The van der Waals surface area contributed by atoms with Gasteiger partial charge < -0.3 is 15.4 Å². The van der Waals surface area contributed by atoms with E-state index in [2.05, 4.69) is 24.3 Å². The molecule has 0 aromatic heterocycles. The highest BCUT2D eigenvalue weighted by Gasteiger charge is 2.30. The zero-order chi connectivity index (χ0) is 16.2. The Bertz CT molecular complexity index is 474. The third kappa shape index (κ3) is 4.47. The summed E-state index contributed by atoms with van der Waals surface area (Å²) in [6.45, 7) is 7.86. The van der Waals surface area contributed by atoms with Gasteiger partial charge in [0, 0.05) is 13.1 Å². The maximum absolute atomic E-state index is 12.1. The summed E-state index contributed by atoms with van der Waals surface area (Å²) in [4.78, 5) is 13.9. The smallest absolute Gasteiger partial charge is 0.410 e. The van der Waals surface area contributed by atoms with Gasteiger partial charge in [0.15, 0.2) is 0 Å². The lowest BCUT2D eigenvalue weighted by Crippen LogP contribution is -2.43. The third-order valence-corrected chi connectivity index (χ3v) is 4.24. The molecule has 0 radical (unpaired) electrons. The molecular formula is C18H28N2O2.